The summed E-state index contributed by atoms with van der Waals surface area (Å²) in [5.41, 5.74) is 13.5. The van der Waals surface area contributed by atoms with E-state index in [0.717, 1.165) is 19.3 Å². The van der Waals surface area contributed by atoms with Gasteiger partial charge in [0, 0.05) is 0 Å². The van der Waals surface area contributed by atoms with Gasteiger partial charge in [0.05, 0.1) is 0 Å². The summed E-state index contributed by atoms with van der Waals surface area (Å²) in [7, 11) is 0. The molecule has 0 radical (unpaired) electrons. The van der Waals surface area contributed by atoms with E-state index in [0.29, 0.717) is 0 Å². The van der Waals surface area contributed by atoms with Crippen LogP contribution in [0.1, 0.15) is 123 Å². The molecule has 268 valence electrons. The second-order valence-electron chi connectivity index (χ2n) is 16.1. The predicted molar refractivity (Wildman–Crippen MR) is 210 cm³/mol. The van der Waals surface area contributed by atoms with Crippen molar-refractivity contribution >= 4 is 14.9 Å². The van der Waals surface area contributed by atoms with Gasteiger partial charge >= 0.3 is 99.2 Å². The molecular weight excluding hydrogens is 739 g/mol. The molecule has 0 heterocycles. The summed E-state index contributed by atoms with van der Waals surface area (Å²) < 4.78 is 1.42. The molecule has 3 heteroatoms. The second kappa shape index (κ2) is 18.1. The molecule has 3 aromatic rings. The number of aryl methyl sites for hydroxylation is 1. The van der Waals surface area contributed by atoms with Gasteiger partial charge in [-0.2, -0.15) is 0 Å². The summed E-state index contributed by atoms with van der Waals surface area (Å²) in [6.45, 7) is 21.5. The van der Waals surface area contributed by atoms with E-state index in [2.05, 4.69) is 165 Å². The van der Waals surface area contributed by atoms with E-state index in [1.807, 2.05) is 0 Å². The summed E-state index contributed by atoms with van der Waals surface area (Å²) in [6.07, 6.45) is 21.7. The Balaban J connectivity index is 0.000000368. The van der Waals surface area contributed by atoms with E-state index < -0.39 is 0 Å². The molecule has 3 aromatic carbocycles. The summed E-state index contributed by atoms with van der Waals surface area (Å²) in [5, 5.41) is 2.79. The Bertz CT molecular complexity index is 1880. The van der Waals surface area contributed by atoms with Gasteiger partial charge in [0.25, 0.3) is 0 Å². The maximum atomic E-state index is 4.05. The minimum absolute atomic E-state index is 0. The fraction of sp³-hybridized carbons (Fsp3) is 0.396. The molecule has 0 aliphatic heterocycles. The molecule has 0 fully saturated rings. The zero-order chi connectivity index (χ0) is 35.4. The summed E-state index contributed by atoms with van der Waals surface area (Å²) in [6, 6.07) is 26.0. The molecule has 0 saturated heterocycles. The van der Waals surface area contributed by atoms with Crippen LogP contribution in [0.15, 0.2) is 119 Å². The molecule has 1 unspecified atom stereocenters. The van der Waals surface area contributed by atoms with Crippen LogP contribution in [0.2, 0.25) is 0 Å². The Morgan fingerprint density at radius 1 is 0.784 bits per heavy atom. The SMILES string of the molecule is CCCC1=CC2=c3c(CCC)cc(C(C)(C)C)cc3=[C-]C2=C(C2=CC=CC2)C1(CCC)C(C)(C)C.[Cl-].[Cl-].[Zr+2]=[C](c1ccccc1)c1ccccc1. The Morgan fingerprint density at radius 3 is 1.84 bits per heavy atom. The predicted octanol–water partition coefficient (Wildman–Crippen LogP) is 5.32. The molecule has 3 aliphatic carbocycles. The molecule has 51 heavy (non-hydrogen) atoms. The van der Waals surface area contributed by atoms with Crippen LogP contribution in [0, 0.1) is 10.8 Å². The molecule has 0 saturated carbocycles. The van der Waals surface area contributed by atoms with Gasteiger partial charge in [-0.1, -0.05) is 140 Å². The molecule has 0 bridgehead atoms. The number of benzene rings is 3. The zero-order valence-electron chi connectivity index (χ0n) is 32.4. The van der Waals surface area contributed by atoms with Gasteiger partial charge in [-0.3, -0.25) is 0 Å². The fourth-order valence-corrected chi connectivity index (χ4v) is 9.07. The van der Waals surface area contributed by atoms with Crippen molar-refractivity contribution < 1.29 is 49.0 Å². The maximum absolute atomic E-state index is 4.05. The van der Waals surface area contributed by atoms with Crippen LogP contribution in [0.5, 0.6) is 0 Å². The van der Waals surface area contributed by atoms with E-state index in [1.54, 1.807) is 11.1 Å². The molecule has 3 aliphatic rings. The first-order valence-electron chi connectivity index (χ1n) is 18.7. The first-order valence-corrected chi connectivity index (χ1v) is 19.9. The third-order valence-electron chi connectivity index (χ3n) is 10.6. The van der Waals surface area contributed by atoms with Crippen LogP contribution >= 0.6 is 0 Å². The van der Waals surface area contributed by atoms with Crippen molar-refractivity contribution in [2.24, 2.45) is 10.8 Å². The van der Waals surface area contributed by atoms with Gasteiger partial charge < -0.3 is 24.8 Å². The van der Waals surface area contributed by atoms with Gasteiger partial charge in [-0.25, -0.2) is 0 Å². The third-order valence-corrected chi connectivity index (χ3v) is 12.0. The van der Waals surface area contributed by atoms with E-state index in [4.69, 9.17) is 0 Å². The van der Waals surface area contributed by atoms with Crippen molar-refractivity contribution in [3.8, 4) is 0 Å². The van der Waals surface area contributed by atoms with Gasteiger partial charge in [0.2, 0.25) is 0 Å². The molecule has 0 N–H and O–H groups in total. The van der Waals surface area contributed by atoms with Crippen LogP contribution in [-0.4, -0.2) is 3.21 Å². The van der Waals surface area contributed by atoms with Gasteiger partial charge in [0.15, 0.2) is 0 Å². The van der Waals surface area contributed by atoms with Gasteiger partial charge in [-0.15, -0.1) is 33.7 Å². The molecule has 6 rings (SSSR count). The van der Waals surface area contributed by atoms with E-state index in [1.165, 1.54) is 103 Å². The quantitative estimate of drug-likeness (QED) is 0.258. The Labute approximate surface area is 337 Å². The van der Waals surface area contributed by atoms with Crippen molar-refractivity contribution in [3.05, 3.63) is 152 Å². The summed E-state index contributed by atoms with van der Waals surface area (Å²) in [5.74, 6) is 0. The second-order valence-corrected chi connectivity index (χ2v) is 17.3. The van der Waals surface area contributed by atoms with Crippen LogP contribution in [0.4, 0.5) is 0 Å². The monoisotopic (exact) mass is 793 g/mol. The Hall–Kier alpha value is -2.31. The molecule has 0 spiro atoms. The van der Waals surface area contributed by atoms with Crippen LogP contribution in [0.3, 0.4) is 0 Å². The fourth-order valence-electron chi connectivity index (χ4n) is 8.25. The number of hydrogen-bond donors (Lipinski definition) is 0. The Morgan fingerprint density at radius 2 is 1.37 bits per heavy atom. The topological polar surface area (TPSA) is 0 Å². The number of allylic oxidation sites excluding steroid dienone is 8. The molecule has 1 atom stereocenters. The van der Waals surface area contributed by atoms with Crippen LogP contribution in [-0.2, 0) is 36.1 Å². The Kier molecular flexibility index (Phi) is 15.3. The van der Waals surface area contributed by atoms with Crippen molar-refractivity contribution in [2.45, 2.75) is 113 Å². The first kappa shape index (κ1) is 43.1. The number of rotatable bonds is 9. The first-order chi connectivity index (χ1) is 23.4. The molecule has 0 nitrogen and oxygen atoms in total. The van der Waals surface area contributed by atoms with Gasteiger partial charge in [0.1, 0.15) is 0 Å². The number of hydrogen-bond acceptors (Lipinski definition) is 0. The average Bonchev–Trinajstić information content (AvgIpc) is 3.73. The van der Waals surface area contributed by atoms with E-state index >= 15 is 0 Å². The van der Waals surface area contributed by atoms with Crippen molar-refractivity contribution in [1.29, 1.82) is 0 Å². The molecule has 0 aromatic heterocycles. The minimum atomic E-state index is 0. The third kappa shape index (κ3) is 8.91. The normalized spacial score (nSPS) is 17.6. The summed E-state index contributed by atoms with van der Waals surface area (Å²) >= 11 is 1.46. The molecular formula is C48H57Cl2Zr-. The standard InChI is InChI=1S/C35H47.C13H10.2ClH.Zr/c1-10-15-25-20-28(33(4,5)6)21-26-22-30-29(31(25)26)23-27(16-11-2)35(19-12-3,34(7,8)9)32(30)24-17-13-14-18-24;1-3-7-12(8-4-1)11-13-9-5-2-6-10-13;;;/h13-14,17,20-21,23H,10-12,15-16,18-19H2,1-9H3;1-10H;2*1H;/q-1;;;;+2/p-2. The van der Waals surface area contributed by atoms with Crippen LogP contribution in [0.25, 0.3) is 11.6 Å². The van der Waals surface area contributed by atoms with Crippen molar-refractivity contribution in [2.75, 3.05) is 0 Å². The number of fused-ring (bicyclic) bond motifs is 2. The van der Waals surface area contributed by atoms with Gasteiger partial charge in [-0.05, 0) is 41.9 Å². The zero-order valence-corrected chi connectivity index (χ0v) is 36.4. The van der Waals surface area contributed by atoms with Crippen molar-refractivity contribution in [1.82, 2.24) is 0 Å². The average molecular weight is 796 g/mol. The van der Waals surface area contributed by atoms with Crippen molar-refractivity contribution in [3.63, 3.8) is 0 Å². The van der Waals surface area contributed by atoms with E-state index in [9.17, 15) is 0 Å². The summed E-state index contributed by atoms with van der Waals surface area (Å²) in [4.78, 5) is 0. The molecule has 0 amide bonds. The number of halogens is 2. The van der Waals surface area contributed by atoms with E-state index in [-0.39, 0.29) is 41.1 Å². The van der Waals surface area contributed by atoms with Crippen LogP contribution < -0.4 is 35.3 Å².